The SMILES string of the molecule is C[C@]1(CN2CCCC2)COc2c(I)cc(I)cc2C1=O. The van der Waals surface area contributed by atoms with Crippen LogP contribution in [0.1, 0.15) is 30.1 Å². The largest absolute Gasteiger partial charge is 0.491 e. The van der Waals surface area contributed by atoms with Crippen LogP contribution < -0.4 is 4.74 Å². The van der Waals surface area contributed by atoms with Gasteiger partial charge in [-0.3, -0.25) is 4.79 Å². The predicted octanol–water partition coefficient (Wildman–Crippen LogP) is 3.57. The number of hydrogen-bond acceptors (Lipinski definition) is 3. The number of halogens is 2. The van der Waals surface area contributed by atoms with Gasteiger partial charge in [0.2, 0.25) is 0 Å². The topological polar surface area (TPSA) is 29.5 Å². The second-order valence-electron chi connectivity index (χ2n) is 5.93. The van der Waals surface area contributed by atoms with Gasteiger partial charge in [-0.2, -0.15) is 0 Å². The van der Waals surface area contributed by atoms with Crippen molar-refractivity contribution >= 4 is 51.0 Å². The molecule has 1 atom stereocenters. The lowest BCUT2D eigenvalue weighted by molar-refractivity contribution is 0.0549. The van der Waals surface area contributed by atoms with E-state index in [1.165, 1.54) is 12.8 Å². The molecule has 0 aliphatic carbocycles. The molecule has 2 aliphatic rings. The summed E-state index contributed by atoms with van der Waals surface area (Å²) in [5.74, 6) is 1.01. The molecular formula is C15H17I2NO2. The minimum atomic E-state index is -0.412. The van der Waals surface area contributed by atoms with E-state index in [0.29, 0.717) is 6.61 Å². The van der Waals surface area contributed by atoms with Crippen molar-refractivity contribution < 1.29 is 9.53 Å². The number of carbonyl (C=O) groups is 1. The van der Waals surface area contributed by atoms with E-state index in [1.807, 2.05) is 13.0 Å². The normalized spacial score (nSPS) is 26.4. The average Bonchev–Trinajstić information content (AvgIpc) is 2.87. The summed E-state index contributed by atoms with van der Waals surface area (Å²) in [6.45, 7) is 5.57. The zero-order chi connectivity index (χ0) is 14.3. The summed E-state index contributed by atoms with van der Waals surface area (Å²) in [6, 6.07) is 4.01. The first-order valence-corrected chi connectivity index (χ1v) is 9.04. The highest BCUT2D eigenvalue weighted by atomic mass is 127. The van der Waals surface area contributed by atoms with Gasteiger partial charge in [0.25, 0.3) is 0 Å². The number of benzene rings is 1. The third-order valence-corrected chi connectivity index (χ3v) is 5.53. The Morgan fingerprint density at radius 3 is 2.70 bits per heavy atom. The van der Waals surface area contributed by atoms with Crippen LogP contribution >= 0.6 is 45.2 Å². The fourth-order valence-corrected chi connectivity index (χ4v) is 5.05. The highest BCUT2D eigenvalue weighted by molar-refractivity contribution is 14.1. The molecule has 1 saturated heterocycles. The summed E-state index contributed by atoms with van der Waals surface area (Å²) in [4.78, 5) is 15.3. The molecule has 0 saturated carbocycles. The maximum atomic E-state index is 12.9. The van der Waals surface area contributed by atoms with Gasteiger partial charge in [0, 0.05) is 10.1 Å². The molecule has 3 rings (SSSR count). The van der Waals surface area contributed by atoms with Crippen LogP contribution in [0.15, 0.2) is 12.1 Å². The maximum absolute atomic E-state index is 12.9. The van der Waals surface area contributed by atoms with Gasteiger partial charge < -0.3 is 9.64 Å². The summed E-state index contributed by atoms with van der Waals surface area (Å²) in [7, 11) is 0. The zero-order valence-corrected chi connectivity index (χ0v) is 15.7. The third kappa shape index (κ3) is 2.72. The third-order valence-electron chi connectivity index (χ3n) is 4.11. The number of hydrogen-bond donors (Lipinski definition) is 0. The lowest BCUT2D eigenvalue weighted by Crippen LogP contribution is -2.46. The number of carbonyl (C=O) groups excluding carboxylic acids is 1. The summed E-state index contributed by atoms with van der Waals surface area (Å²) in [6.07, 6.45) is 2.50. The van der Waals surface area contributed by atoms with Crippen molar-refractivity contribution in [1.29, 1.82) is 0 Å². The smallest absolute Gasteiger partial charge is 0.177 e. The van der Waals surface area contributed by atoms with Crippen LogP contribution in [0.4, 0.5) is 0 Å². The van der Waals surface area contributed by atoms with E-state index in [4.69, 9.17) is 4.74 Å². The quantitative estimate of drug-likeness (QED) is 0.586. The van der Waals surface area contributed by atoms with Crippen LogP contribution in [0.5, 0.6) is 5.75 Å². The fourth-order valence-electron chi connectivity index (χ4n) is 3.05. The molecule has 1 aromatic rings. The van der Waals surface area contributed by atoms with Gasteiger partial charge in [0.05, 0.1) is 14.5 Å². The Kier molecular flexibility index (Phi) is 4.29. The van der Waals surface area contributed by atoms with Crippen molar-refractivity contribution in [2.45, 2.75) is 19.8 Å². The number of Topliss-reactive ketones (excluding diaryl/α,β-unsaturated/α-hetero) is 1. The van der Waals surface area contributed by atoms with E-state index in [-0.39, 0.29) is 5.78 Å². The molecule has 5 heteroatoms. The molecule has 0 spiro atoms. The van der Waals surface area contributed by atoms with E-state index in [9.17, 15) is 4.79 Å². The second kappa shape index (κ2) is 5.72. The van der Waals surface area contributed by atoms with Crippen LogP contribution in [0.25, 0.3) is 0 Å². The molecule has 1 aromatic carbocycles. The highest BCUT2D eigenvalue weighted by Crippen LogP contribution is 2.39. The van der Waals surface area contributed by atoms with Crippen LogP contribution in [0, 0.1) is 12.6 Å². The molecule has 2 heterocycles. The summed E-state index contributed by atoms with van der Waals surface area (Å²) >= 11 is 4.51. The number of nitrogens with zero attached hydrogens (tertiary/aromatic N) is 1. The lowest BCUT2D eigenvalue weighted by Gasteiger charge is -2.36. The van der Waals surface area contributed by atoms with Crippen LogP contribution in [0.3, 0.4) is 0 Å². The van der Waals surface area contributed by atoms with Crippen molar-refractivity contribution in [3.63, 3.8) is 0 Å². The van der Waals surface area contributed by atoms with Gasteiger partial charge in [-0.1, -0.05) is 0 Å². The Balaban J connectivity index is 1.91. The predicted molar refractivity (Wildman–Crippen MR) is 95.5 cm³/mol. The van der Waals surface area contributed by atoms with Crippen molar-refractivity contribution in [2.24, 2.45) is 5.41 Å². The Bertz CT molecular complexity index is 555. The minimum Gasteiger partial charge on any atom is -0.491 e. The lowest BCUT2D eigenvalue weighted by atomic mass is 9.80. The Morgan fingerprint density at radius 2 is 2.00 bits per heavy atom. The highest BCUT2D eigenvalue weighted by Gasteiger charge is 2.42. The number of rotatable bonds is 2. The standard InChI is InChI=1S/C15H17I2NO2/c1-15(8-18-4-2-3-5-18)9-20-13-11(14(15)19)6-10(16)7-12(13)17/h6-7H,2-5,8-9H2,1H3/t15-/m0/s1. The van der Waals surface area contributed by atoms with Gasteiger partial charge in [-0.15, -0.1) is 0 Å². The van der Waals surface area contributed by atoms with E-state index in [2.05, 4.69) is 56.1 Å². The van der Waals surface area contributed by atoms with Gasteiger partial charge in [0.15, 0.2) is 5.78 Å². The van der Waals surface area contributed by atoms with Crippen LogP contribution in [-0.4, -0.2) is 36.9 Å². The molecular weight excluding hydrogens is 480 g/mol. The number of ether oxygens (including phenoxy) is 1. The van der Waals surface area contributed by atoms with Gasteiger partial charge >= 0.3 is 0 Å². The van der Waals surface area contributed by atoms with Crippen molar-refractivity contribution in [2.75, 3.05) is 26.2 Å². The number of ketones is 1. The maximum Gasteiger partial charge on any atom is 0.177 e. The summed E-state index contributed by atoms with van der Waals surface area (Å²) in [5.41, 5.74) is 0.347. The Labute approximate surface area is 146 Å². The first-order valence-electron chi connectivity index (χ1n) is 6.89. The van der Waals surface area contributed by atoms with E-state index >= 15 is 0 Å². The van der Waals surface area contributed by atoms with Crippen LogP contribution in [0.2, 0.25) is 0 Å². The fraction of sp³-hybridized carbons (Fsp3) is 0.533. The zero-order valence-electron chi connectivity index (χ0n) is 11.4. The number of fused-ring (bicyclic) bond motifs is 1. The van der Waals surface area contributed by atoms with Gasteiger partial charge in [-0.25, -0.2) is 0 Å². The molecule has 0 amide bonds. The molecule has 20 heavy (non-hydrogen) atoms. The Morgan fingerprint density at radius 1 is 1.30 bits per heavy atom. The molecule has 108 valence electrons. The molecule has 0 bridgehead atoms. The Hall–Kier alpha value is 0.110. The second-order valence-corrected chi connectivity index (χ2v) is 8.33. The molecule has 2 aliphatic heterocycles. The molecule has 3 nitrogen and oxygen atoms in total. The van der Waals surface area contributed by atoms with Gasteiger partial charge in [-0.05, 0) is 90.2 Å². The van der Waals surface area contributed by atoms with E-state index in [1.54, 1.807) is 0 Å². The molecule has 0 unspecified atom stereocenters. The first-order chi connectivity index (χ1) is 9.49. The number of likely N-dealkylation sites (tertiary alicyclic amines) is 1. The van der Waals surface area contributed by atoms with E-state index < -0.39 is 5.41 Å². The van der Waals surface area contributed by atoms with Crippen molar-refractivity contribution in [3.05, 3.63) is 24.8 Å². The first kappa shape index (κ1) is 15.0. The molecule has 0 radical (unpaired) electrons. The van der Waals surface area contributed by atoms with E-state index in [0.717, 1.165) is 38.1 Å². The van der Waals surface area contributed by atoms with Crippen LogP contribution in [-0.2, 0) is 0 Å². The summed E-state index contributed by atoms with van der Waals surface area (Å²) < 4.78 is 8.07. The minimum absolute atomic E-state index is 0.238. The average molecular weight is 497 g/mol. The molecule has 0 N–H and O–H groups in total. The van der Waals surface area contributed by atoms with Crippen molar-refractivity contribution in [3.8, 4) is 5.75 Å². The molecule has 0 aromatic heterocycles. The summed E-state index contributed by atoms with van der Waals surface area (Å²) in [5, 5.41) is 0. The molecule has 1 fully saturated rings. The monoisotopic (exact) mass is 497 g/mol. The van der Waals surface area contributed by atoms with Crippen molar-refractivity contribution in [1.82, 2.24) is 4.90 Å². The van der Waals surface area contributed by atoms with Gasteiger partial charge in [0.1, 0.15) is 12.4 Å².